The molecule has 1 aliphatic heterocycles. The first-order valence-electron chi connectivity index (χ1n) is 5.40. The summed E-state index contributed by atoms with van der Waals surface area (Å²) < 4.78 is 27.1. The number of hydrogen-bond donors (Lipinski definition) is 2. The fraction of sp³-hybridized carbons (Fsp3) is 0.700. The van der Waals surface area contributed by atoms with Gasteiger partial charge in [0, 0.05) is 19.1 Å². The molecule has 17 heavy (non-hydrogen) atoms. The van der Waals surface area contributed by atoms with Crippen molar-refractivity contribution >= 4 is 15.7 Å². The Kier molecular flexibility index (Phi) is 5.10. The number of carbonyl (C=O) groups excluding carboxylic acids is 1. The van der Waals surface area contributed by atoms with Gasteiger partial charge in [0.25, 0.3) is 0 Å². The van der Waals surface area contributed by atoms with Crippen LogP contribution in [0.5, 0.6) is 0 Å². The first-order valence-corrected chi connectivity index (χ1v) is 7.12. The standard InChI is InChI=1S/C10H18N2O4S/c1-16-5-2-3-9(11)10(13)12-8-4-6-17(14,15)7-8/h4,6,8-9H,2-3,5,7,11H2,1H3,(H,12,13). The number of methoxy groups -OCH3 is 1. The number of amides is 1. The maximum Gasteiger partial charge on any atom is 0.237 e. The third kappa shape index (κ3) is 4.84. The summed E-state index contributed by atoms with van der Waals surface area (Å²) in [7, 11) is -1.56. The Morgan fingerprint density at radius 3 is 2.88 bits per heavy atom. The number of nitrogens with one attached hydrogen (secondary N) is 1. The average Bonchev–Trinajstić information content (AvgIpc) is 2.58. The number of ether oxygens (including phenoxy) is 1. The fourth-order valence-corrected chi connectivity index (χ4v) is 2.77. The number of nitrogens with two attached hydrogens (primary N) is 1. The van der Waals surface area contributed by atoms with Crippen LogP contribution in [0.2, 0.25) is 0 Å². The summed E-state index contributed by atoms with van der Waals surface area (Å²) in [5.41, 5.74) is 5.66. The highest BCUT2D eigenvalue weighted by molar-refractivity contribution is 7.94. The first-order chi connectivity index (χ1) is 7.94. The van der Waals surface area contributed by atoms with Gasteiger partial charge in [-0.25, -0.2) is 8.42 Å². The van der Waals surface area contributed by atoms with E-state index in [1.165, 1.54) is 6.08 Å². The monoisotopic (exact) mass is 262 g/mol. The molecule has 0 aromatic carbocycles. The molecule has 98 valence electrons. The van der Waals surface area contributed by atoms with Crippen LogP contribution in [0.1, 0.15) is 12.8 Å². The Bertz CT molecular complexity index is 391. The second-order valence-corrected chi connectivity index (χ2v) is 5.95. The van der Waals surface area contributed by atoms with E-state index in [9.17, 15) is 13.2 Å². The Hall–Kier alpha value is -0.920. The van der Waals surface area contributed by atoms with Gasteiger partial charge in [-0.2, -0.15) is 0 Å². The lowest BCUT2D eigenvalue weighted by molar-refractivity contribution is -0.122. The van der Waals surface area contributed by atoms with Gasteiger partial charge in [0.05, 0.1) is 17.8 Å². The molecule has 0 saturated heterocycles. The summed E-state index contributed by atoms with van der Waals surface area (Å²) in [6.07, 6.45) is 2.68. The quantitative estimate of drug-likeness (QED) is 0.609. The predicted molar refractivity (Wildman–Crippen MR) is 63.9 cm³/mol. The third-order valence-electron chi connectivity index (χ3n) is 2.46. The van der Waals surface area contributed by atoms with Gasteiger partial charge in [-0.1, -0.05) is 0 Å². The Balaban J connectivity index is 2.32. The largest absolute Gasteiger partial charge is 0.385 e. The van der Waals surface area contributed by atoms with Crippen LogP contribution < -0.4 is 11.1 Å². The summed E-state index contributed by atoms with van der Waals surface area (Å²) in [6.45, 7) is 0.554. The molecule has 2 unspecified atom stereocenters. The van der Waals surface area contributed by atoms with Crippen LogP contribution in [0.3, 0.4) is 0 Å². The highest BCUT2D eigenvalue weighted by Crippen LogP contribution is 2.08. The van der Waals surface area contributed by atoms with Crippen molar-refractivity contribution in [2.45, 2.75) is 24.9 Å². The van der Waals surface area contributed by atoms with E-state index in [0.717, 1.165) is 5.41 Å². The molecule has 1 amide bonds. The van der Waals surface area contributed by atoms with E-state index in [0.29, 0.717) is 19.4 Å². The number of hydrogen-bond acceptors (Lipinski definition) is 5. The first kappa shape index (κ1) is 14.1. The van der Waals surface area contributed by atoms with Gasteiger partial charge >= 0.3 is 0 Å². The van der Waals surface area contributed by atoms with Crippen LogP contribution in [0.4, 0.5) is 0 Å². The highest BCUT2D eigenvalue weighted by Gasteiger charge is 2.24. The second kappa shape index (κ2) is 6.13. The van der Waals surface area contributed by atoms with Gasteiger partial charge in [-0.3, -0.25) is 4.79 Å². The molecule has 0 aliphatic carbocycles. The summed E-state index contributed by atoms with van der Waals surface area (Å²) in [6, 6.07) is -1.08. The van der Waals surface area contributed by atoms with Crippen LogP contribution in [0, 0.1) is 0 Å². The molecule has 1 aliphatic rings. The third-order valence-corrected chi connectivity index (χ3v) is 3.85. The van der Waals surface area contributed by atoms with Crippen LogP contribution in [0.15, 0.2) is 11.5 Å². The normalized spacial score (nSPS) is 23.5. The molecule has 0 aromatic rings. The average molecular weight is 262 g/mol. The van der Waals surface area contributed by atoms with E-state index in [1.807, 2.05) is 0 Å². The molecule has 6 nitrogen and oxygen atoms in total. The second-order valence-electron chi connectivity index (χ2n) is 4.01. The van der Waals surface area contributed by atoms with E-state index in [1.54, 1.807) is 7.11 Å². The molecule has 0 saturated carbocycles. The number of rotatable bonds is 6. The molecule has 7 heteroatoms. The summed E-state index contributed by atoms with van der Waals surface area (Å²) in [5.74, 6) is -0.406. The van der Waals surface area contributed by atoms with Crippen molar-refractivity contribution in [1.82, 2.24) is 5.32 Å². The molecule has 0 fully saturated rings. The van der Waals surface area contributed by atoms with E-state index in [2.05, 4.69) is 5.32 Å². The minimum Gasteiger partial charge on any atom is -0.385 e. The van der Waals surface area contributed by atoms with Gasteiger partial charge < -0.3 is 15.8 Å². The predicted octanol–water partition coefficient (Wildman–Crippen LogP) is -0.833. The van der Waals surface area contributed by atoms with Crippen LogP contribution >= 0.6 is 0 Å². The van der Waals surface area contributed by atoms with E-state index < -0.39 is 21.9 Å². The van der Waals surface area contributed by atoms with Crippen molar-refractivity contribution in [1.29, 1.82) is 0 Å². The zero-order valence-electron chi connectivity index (χ0n) is 9.76. The molecule has 1 heterocycles. The summed E-state index contributed by atoms with van der Waals surface area (Å²) >= 11 is 0. The fourth-order valence-electron chi connectivity index (χ4n) is 1.53. The molecule has 0 spiro atoms. The highest BCUT2D eigenvalue weighted by atomic mass is 32.2. The molecule has 2 atom stereocenters. The maximum absolute atomic E-state index is 11.6. The van der Waals surface area contributed by atoms with E-state index >= 15 is 0 Å². The van der Waals surface area contributed by atoms with Crippen LogP contribution in [-0.2, 0) is 19.4 Å². The Morgan fingerprint density at radius 1 is 1.65 bits per heavy atom. The summed E-state index contributed by atoms with van der Waals surface area (Å²) in [5, 5.41) is 3.71. The van der Waals surface area contributed by atoms with Crippen molar-refractivity contribution in [2.75, 3.05) is 19.5 Å². The van der Waals surface area contributed by atoms with Gasteiger partial charge in [-0.15, -0.1) is 0 Å². The number of carbonyl (C=O) groups is 1. The lowest BCUT2D eigenvalue weighted by Gasteiger charge is -2.15. The topological polar surface area (TPSA) is 98.5 Å². The molecule has 0 bridgehead atoms. The van der Waals surface area contributed by atoms with Crippen molar-refractivity contribution in [3.8, 4) is 0 Å². The zero-order chi connectivity index (χ0) is 12.9. The Labute approximate surface area is 101 Å². The smallest absolute Gasteiger partial charge is 0.237 e. The molecule has 1 rings (SSSR count). The molecule has 0 aromatic heterocycles. The van der Waals surface area contributed by atoms with Gasteiger partial charge in [-0.05, 0) is 18.9 Å². The van der Waals surface area contributed by atoms with Gasteiger partial charge in [0.1, 0.15) is 0 Å². The lowest BCUT2D eigenvalue weighted by atomic mass is 10.1. The van der Waals surface area contributed by atoms with Gasteiger partial charge in [0.2, 0.25) is 5.91 Å². The van der Waals surface area contributed by atoms with Crippen molar-refractivity contribution < 1.29 is 17.9 Å². The molecule has 0 radical (unpaired) electrons. The van der Waals surface area contributed by atoms with Crippen molar-refractivity contribution in [2.24, 2.45) is 5.73 Å². The van der Waals surface area contributed by atoms with Crippen molar-refractivity contribution in [3.63, 3.8) is 0 Å². The molecular formula is C10H18N2O4S. The van der Waals surface area contributed by atoms with Gasteiger partial charge in [0.15, 0.2) is 9.84 Å². The van der Waals surface area contributed by atoms with E-state index in [4.69, 9.17) is 10.5 Å². The number of sulfone groups is 1. The minimum atomic E-state index is -3.14. The maximum atomic E-state index is 11.6. The van der Waals surface area contributed by atoms with Crippen LogP contribution in [0.25, 0.3) is 0 Å². The Morgan fingerprint density at radius 2 is 2.35 bits per heavy atom. The minimum absolute atomic E-state index is 0.0798. The molecular weight excluding hydrogens is 244 g/mol. The zero-order valence-corrected chi connectivity index (χ0v) is 10.6. The summed E-state index contributed by atoms with van der Waals surface area (Å²) in [4.78, 5) is 11.6. The van der Waals surface area contributed by atoms with Crippen molar-refractivity contribution in [3.05, 3.63) is 11.5 Å². The van der Waals surface area contributed by atoms with E-state index in [-0.39, 0.29) is 11.7 Å². The lowest BCUT2D eigenvalue weighted by Crippen LogP contribution is -2.45. The van der Waals surface area contributed by atoms with Crippen LogP contribution in [-0.4, -0.2) is 45.9 Å². The SMILES string of the molecule is COCCCC(N)C(=O)NC1C=CS(=O)(=O)C1. The molecule has 3 N–H and O–H groups in total.